The van der Waals surface area contributed by atoms with Crippen molar-refractivity contribution < 1.29 is 9.53 Å². The van der Waals surface area contributed by atoms with Crippen molar-refractivity contribution in [3.63, 3.8) is 0 Å². The third-order valence-corrected chi connectivity index (χ3v) is 3.45. The molecule has 15 heavy (non-hydrogen) atoms. The molecule has 0 aliphatic carbocycles. The van der Waals surface area contributed by atoms with Crippen LogP contribution >= 0.6 is 0 Å². The number of likely N-dealkylation sites (tertiary alicyclic amines) is 1. The van der Waals surface area contributed by atoms with E-state index in [1.807, 2.05) is 0 Å². The van der Waals surface area contributed by atoms with Gasteiger partial charge in [-0.05, 0) is 39.2 Å². The van der Waals surface area contributed by atoms with Gasteiger partial charge in [-0.15, -0.1) is 0 Å². The molecule has 2 unspecified atom stereocenters. The van der Waals surface area contributed by atoms with Crippen molar-refractivity contribution >= 4 is 5.97 Å². The number of rotatable bonds is 5. The van der Waals surface area contributed by atoms with Crippen LogP contribution < -0.4 is 0 Å². The molecule has 0 radical (unpaired) electrons. The molecule has 0 aromatic rings. The maximum Gasteiger partial charge on any atom is 0.305 e. The highest BCUT2D eigenvalue weighted by molar-refractivity contribution is 5.69. The van der Waals surface area contributed by atoms with Crippen LogP contribution in [0.4, 0.5) is 0 Å². The molecule has 0 N–H and O–H groups in total. The van der Waals surface area contributed by atoms with Gasteiger partial charge in [0.2, 0.25) is 0 Å². The quantitative estimate of drug-likeness (QED) is 0.656. The van der Waals surface area contributed by atoms with E-state index in [4.69, 9.17) is 0 Å². The van der Waals surface area contributed by atoms with E-state index in [1.165, 1.54) is 26.4 Å². The van der Waals surface area contributed by atoms with Gasteiger partial charge in [-0.3, -0.25) is 9.69 Å². The molecule has 1 aliphatic heterocycles. The fourth-order valence-electron chi connectivity index (χ4n) is 2.47. The summed E-state index contributed by atoms with van der Waals surface area (Å²) in [5.41, 5.74) is 0. The zero-order valence-electron chi connectivity index (χ0n) is 10.2. The summed E-state index contributed by atoms with van der Waals surface area (Å²) in [6.45, 7) is 5.57. The molecule has 1 saturated heterocycles. The molecule has 0 bridgehead atoms. The van der Waals surface area contributed by atoms with Gasteiger partial charge in [0.1, 0.15) is 0 Å². The van der Waals surface area contributed by atoms with Gasteiger partial charge in [0.25, 0.3) is 0 Å². The van der Waals surface area contributed by atoms with Crippen molar-refractivity contribution in [2.45, 2.75) is 58.0 Å². The molecule has 3 heteroatoms. The van der Waals surface area contributed by atoms with E-state index in [0.717, 1.165) is 19.0 Å². The first-order valence-electron chi connectivity index (χ1n) is 6.01. The number of ether oxygens (including phenoxy) is 1. The summed E-state index contributed by atoms with van der Waals surface area (Å²) >= 11 is 0. The van der Waals surface area contributed by atoms with Gasteiger partial charge < -0.3 is 4.74 Å². The molecule has 3 nitrogen and oxygen atoms in total. The molecular formula is C12H23NO2. The summed E-state index contributed by atoms with van der Waals surface area (Å²) in [6.07, 6.45) is 5.32. The predicted octanol–water partition coefficient (Wildman–Crippen LogP) is 2.20. The smallest absolute Gasteiger partial charge is 0.305 e. The highest BCUT2D eigenvalue weighted by Gasteiger charge is 2.28. The zero-order chi connectivity index (χ0) is 11.3. The van der Waals surface area contributed by atoms with Gasteiger partial charge >= 0.3 is 5.97 Å². The van der Waals surface area contributed by atoms with Crippen molar-refractivity contribution in [2.75, 3.05) is 13.7 Å². The van der Waals surface area contributed by atoms with E-state index in [-0.39, 0.29) is 5.97 Å². The van der Waals surface area contributed by atoms with Crippen molar-refractivity contribution in [3.8, 4) is 0 Å². The summed E-state index contributed by atoms with van der Waals surface area (Å²) < 4.78 is 4.64. The maximum absolute atomic E-state index is 11.0. The van der Waals surface area contributed by atoms with E-state index in [9.17, 15) is 4.79 Å². The number of carbonyl (C=O) groups excluding carboxylic acids is 1. The molecule has 1 rings (SSSR count). The molecule has 0 aromatic heterocycles. The third-order valence-electron chi connectivity index (χ3n) is 3.45. The summed E-state index contributed by atoms with van der Waals surface area (Å²) in [5.74, 6) is -0.0881. The number of nitrogens with zero attached hydrogens (tertiary/aromatic N) is 1. The highest BCUT2D eigenvalue weighted by atomic mass is 16.5. The Bertz CT molecular complexity index is 206. The average Bonchev–Trinajstić information content (AvgIpc) is 2.60. The summed E-state index contributed by atoms with van der Waals surface area (Å²) in [6, 6.07) is 1.42. The van der Waals surface area contributed by atoms with Crippen LogP contribution in [0.15, 0.2) is 0 Å². The Labute approximate surface area is 92.8 Å². The Kier molecular flexibility index (Phi) is 5.09. The van der Waals surface area contributed by atoms with Gasteiger partial charge in [0, 0.05) is 18.5 Å². The number of carbonyl (C=O) groups is 1. The third kappa shape index (κ3) is 3.49. The van der Waals surface area contributed by atoms with Crippen LogP contribution in [0.1, 0.15) is 46.0 Å². The van der Waals surface area contributed by atoms with E-state index in [1.54, 1.807) is 0 Å². The van der Waals surface area contributed by atoms with Gasteiger partial charge in [0.05, 0.1) is 7.11 Å². The zero-order valence-corrected chi connectivity index (χ0v) is 10.2. The number of methoxy groups -OCH3 is 1. The molecule has 1 heterocycles. The second kappa shape index (κ2) is 6.11. The van der Waals surface area contributed by atoms with E-state index < -0.39 is 0 Å². The average molecular weight is 213 g/mol. The summed E-state index contributed by atoms with van der Waals surface area (Å²) in [7, 11) is 1.45. The van der Waals surface area contributed by atoms with Crippen molar-refractivity contribution in [1.82, 2.24) is 4.90 Å². The Balaban J connectivity index is 2.27. The standard InChI is InChI=1S/C12H23NO2/c1-4-11-8-7-10(2)13(11)9-5-6-12(14)15-3/h10-11H,4-9H2,1-3H3. The van der Waals surface area contributed by atoms with Crippen molar-refractivity contribution in [1.29, 1.82) is 0 Å². The van der Waals surface area contributed by atoms with E-state index in [0.29, 0.717) is 12.5 Å². The monoisotopic (exact) mass is 213 g/mol. The highest BCUT2D eigenvalue weighted by Crippen LogP contribution is 2.25. The summed E-state index contributed by atoms with van der Waals surface area (Å²) in [4.78, 5) is 13.5. The van der Waals surface area contributed by atoms with Crippen molar-refractivity contribution in [3.05, 3.63) is 0 Å². The van der Waals surface area contributed by atoms with Gasteiger partial charge in [-0.1, -0.05) is 6.92 Å². The van der Waals surface area contributed by atoms with Crippen LogP contribution in [0.25, 0.3) is 0 Å². The van der Waals surface area contributed by atoms with Crippen LogP contribution in [0.2, 0.25) is 0 Å². The lowest BCUT2D eigenvalue weighted by molar-refractivity contribution is -0.140. The molecule has 0 amide bonds. The lowest BCUT2D eigenvalue weighted by Crippen LogP contribution is -2.35. The van der Waals surface area contributed by atoms with E-state index >= 15 is 0 Å². The first kappa shape index (κ1) is 12.5. The Morgan fingerprint density at radius 2 is 2.20 bits per heavy atom. The summed E-state index contributed by atoms with van der Waals surface area (Å²) in [5, 5.41) is 0. The second-order valence-corrected chi connectivity index (χ2v) is 4.41. The Hall–Kier alpha value is -0.570. The van der Waals surface area contributed by atoms with Crippen LogP contribution in [0.5, 0.6) is 0 Å². The Morgan fingerprint density at radius 3 is 2.80 bits per heavy atom. The molecular weight excluding hydrogens is 190 g/mol. The van der Waals surface area contributed by atoms with E-state index in [2.05, 4.69) is 23.5 Å². The number of hydrogen-bond donors (Lipinski definition) is 0. The minimum absolute atomic E-state index is 0.0881. The molecule has 1 aliphatic rings. The van der Waals surface area contributed by atoms with Crippen molar-refractivity contribution in [2.24, 2.45) is 0 Å². The molecule has 0 spiro atoms. The van der Waals surface area contributed by atoms with Crippen LogP contribution in [0, 0.1) is 0 Å². The number of esters is 1. The minimum atomic E-state index is -0.0881. The fraction of sp³-hybridized carbons (Fsp3) is 0.917. The van der Waals surface area contributed by atoms with Gasteiger partial charge in [0.15, 0.2) is 0 Å². The molecule has 1 fully saturated rings. The molecule has 0 saturated carbocycles. The van der Waals surface area contributed by atoms with Crippen LogP contribution in [-0.4, -0.2) is 36.6 Å². The lowest BCUT2D eigenvalue weighted by atomic mass is 10.1. The molecule has 88 valence electrons. The minimum Gasteiger partial charge on any atom is -0.469 e. The SMILES string of the molecule is CCC1CCC(C)N1CCCC(=O)OC. The van der Waals surface area contributed by atoms with Gasteiger partial charge in [-0.25, -0.2) is 0 Å². The first-order valence-corrected chi connectivity index (χ1v) is 6.01. The molecule has 2 atom stereocenters. The van der Waals surface area contributed by atoms with Crippen LogP contribution in [-0.2, 0) is 9.53 Å². The first-order chi connectivity index (χ1) is 7.19. The number of hydrogen-bond acceptors (Lipinski definition) is 3. The largest absolute Gasteiger partial charge is 0.469 e. The van der Waals surface area contributed by atoms with Gasteiger partial charge in [-0.2, -0.15) is 0 Å². The maximum atomic E-state index is 11.0. The second-order valence-electron chi connectivity index (χ2n) is 4.41. The lowest BCUT2D eigenvalue weighted by Gasteiger charge is -2.27. The molecule has 0 aromatic carbocycles. The topological polar surface area (TPSA) is 29.5 Å². The van der Waals surface area contributed by atoms with Crippen LogP contribution in [0.3, 0.4) is 0 Å². The fourth-order valence-corrected chi connectivity index (χ4v) is 2.47. The predicted molar refractivity (Wildman–Crippen MR) is 60.7 cm³/mol. The normalized spacial score (nSPS) is 26.9. The Morgan fingerprint density at radius 1 is 1.47 bits per heavy atom.